The van der Waals surface area contributed by atoms with E-state index in [4.69, 9.17) is 22.1 Å². The molecular formula is C15H10ClN7O. The summed E-state index contributed by atoms with van der Waals surface area (Å²) in [7, 11) is 0. The number of rotatable bonds is 4. The highest BCUT2D eigenvalue weighted by atomic mass is 35.5. The molecule has 2 aromatic rings. The van der Waals surface area contributed by atoms with E-state index in [1.807, 2.05) is 0 Å². The Hall–Kier alpha value is -3.49. The molecule has 24 heavy (non-hydrogen) atoms. The Bertz CT molecular complexity index is 862. The molecule has 2 N–H and O–H groups in total. The van der Waals surface area contributed by atoms with Crippen LogP contribution in [-0.2, 0) is 0 Å². The molecule has 1 aromatic heterocycles. The average molecular weight is 340 g/mol. The van der Waals surface area contributed by atoms with Crippen LogP contribution in [0.25, 0.3) is 0 Å². The largest absolute Gasteiger partial charge is 0.321 e. The minimum Gasteiger partial charge on any atom is -0.321 e. The standard InChI is InChI=1S/C15H10ClN7O/c1-9-7-20-14(8-19-9)15(24)21-10-2-3-13(12(16)4-10)23-22-11(5-17)6-18/h2-4,7-8,23H,1H3,(H,21,24). The van der Waals surface area contributed by atoms with Gasteiger partial charge in [-0.15, -0.1) is 0 Å². The van der Waals surface area contributed by atoms with E-state index < -0.39 is 5.91 Å². The number of hydrazone groups is 1. The lowest BCUT2D eigenvalue weighted by Crippen LogP contribution is -2.14. The molecule has 9 heteroatoms. The first-order chi connectivity index (χ1) is 11.5. The van der Waals surface area contributed by atoms with Crippen LogP contribution in [0.1, 0.15) is 16.2 Å². The molecule has 1 aromatic carbocycles. The summed E-state index contributed by atoms with van der Waals surface area (Å²) in [5.74, 6) is -0.423. The van der Waals surface area contributed by atoms with Crippen LogP contribution in [0.15, 0.2) is 35.7 Å². The lowest BCUT2D eigenvalue weighted by Gasteiger charge is -2.08. The van der Waals surface area contributed by atoms with Crippen molar-refractivity contribution in [1.29, 1.82) is 10.5 Å². The SMILES string of the molecule is Cc1cnc(C(=O)Nc2ccc(NN=C(C#N)C#N)c(Cl)c2)cn1. The summed E-state index contributed by atoms with van der Waals surface area (Å²) in [5.41, 5.74) is 3.89. The lowest BCUT2D eigenvalue weighted by molar-refractivity contribution is 0.102. The zero-order valence-corrected chi connectivity index (χ0v) is 13.2. The average Bonchev–Trinajstić information content (AvgIpc) is 2.58. The van der Waals surface area contributed by atoms with Crippen molar-refractivity contribution in [1.82, 2.24) is 9.97 Å². The van der Waals surface area contributed by atoms with Gasteiger partial charge in [-0.05, 0) is 25.1 Å². The van der Waals surface area contributed by atoms with Gasteiger partial charge in [-0.3, -0.25) is 15.2 Å². The van der Waals surface area contributed by atoms with Gasteiger partial charge in [0.1, 0.15) is 17.8 Å². The minimum absolute atomic E-state index is 0.177. The molecule has 0 saturated carbocycles. The molecule has 1 heterocycles. The van der Waals surface area contributed by atoms with Gasteiger partial charge in [0.25, 0.3) is 5.91 Å². The Morgan fingerprint density at radius 1 is 1.25 bits per heavy atom. The molecular weight excluding hydrogens is 330 g/mol. The first-order valence-corrected chi connectivity index (χ1v) is 6.94. The van der Waals surface area contributed by atoms with E-state index in [-0.39, 0.29) is 16.4 Å². The van der Waals surface area contributed by atoms with Crippen LogP contribution in [0.3, 0.4) is 0 Å². The summed E-state index contributed by atoms with van der Waals surface area (Å²) in [4.78, 5) is 20.0. The fraction of sp³-hybridized carbons (Fsp3) is 0.0667. The van der Waals surface area contributed by atoms with E-state index in [0.29, 0.717) is 17.1 Å². The summed E-state index contributed by atoms with van der Waals surface area (Å²) in [6, 6.07) is 7.86. The molecule has 0 aliphatic carbocycles. The van der Waals surface area contributed by atoms with Crippen molar-refractivity contribution in [3.05, 3.63) is 47.0 Å². The van der Waals surface area contributed by atoms with E-state index >= 15 is 0 Å². The van der Waals surface area contributed by atoms with Crippen molar-refractivity contribution in [2.24, 2.45) is 5.10 Å². The van der Waals surface area contributed by atoms with E-state index in [1.54, 1.807) is 31.2 Å². The van der Waals surface area contributed by atoms with Gasteiger partial charge in [0.2, 0.25) is 5.71 Å². The number of amides is 1. The van der Waals surface area contributed by atoms with Crippen LogP contribution in [0.2, 0.25) is 5.02 Å². The second-order valence-electron chi connectivity index (χ2n) is 4.49. The van der Waals surface area contributed by atoms with Crippen molar-refractivity contribution in [3.63, 3.8) is 0 Å². The maximum atomic E-state index is 12.0. The number of benzene rings is 1. The first kappa shape index (κ1) is 16.9. The first-order valence-electron chi connectivity index (χ1n) is 6.57. The molecule has 0 bridgehead atoms. The zero-order chi connectivity index (χ0) is 17.5. The van der Waals surface area contributed by atoms with E-state index in [9.17, 15) is 4.79 Å². The molecule has 0 radical (unpaired) electrons. The third kappa shape index (κ3) is 4.26. The number of anilines is 2. The van der Waals surface area contributed by atoms with Crippen LogP contribution in [0.5, 0.6) is 0 Å². The fourth-order valence-electron chi connectivity index (χ4n) is 1.58. The number of nitrogens with zero attached hydrogens (tertiary/aromatic N) is 5. The highest BCUT2D eigenvalue weighted by Crippen LogP contribution is 2.25. The predicted octanol–water partition coefficient (Wildman–Crippen LogP) is 2.51. The third-order valence-corrected chi connectivity index (χ3v) is 3.05. The van der Waals surface area contributed by atoms with Crippen LogP contribution in [0.4, 0.5) is 11.4 Å². The topological polar surface area (TPSA) is 127 Å². The smallest absolute Gasteiger partial charge is 0.275 e. The Balaban J connectivity index is 2.11. The van der Waals surface area contributed by atoms with E-state index in [1.165, 1.54) is 18.5 Å². The molecule has 0 aliphatic heterocycles. The molecule has 2 rings (SSSR count). The van der Waals surface area contributed by atoms with Crippen molar-refractivity contribution in [2.75, 3.05) is 10.7 Å². The second kappa shape index (κ2) is 7.68. The van der Waals surface area contributed by atoms with Crippen LogP contribution in [0, 0.1) is 29.6 Å². The van der Waals surface area contributed by atoms with Gasteiger partial charge >= 0.3 is 0 Å². The van der Waals surface area contributed by atoms with Crippen molar-refractivity contribution < 1.29 is 4.79 Å². The number of halogens is 1. The quantitative estimate of drug-likeness (QED) is 0.650. The fourth-order valence-corrected chi connectivity index (χ4v) is 1.80. The number of aromatic nitrogens is 2. The summed E-state index contributed by atoms with van der Waals surface area (Å²) >= 11 is 6.07. The molecule has 0 aliphatic rings. The van der Waals surface area contributed by atoms with Crippen molar-refractivity contribution >= 4 is 34.6 Å². The van der Waals surface area contributed by atoms with E-state index in [0.717, 1.165) is 0 Å². The Morgan fingerprint density at radius 3 is 2.58 bits per heavy atom. The minimum atomic E-state index is -0.423. The van der Waals surface area contributed by atoms with E-state index in [2.05, 4.69) is 25.8 Å². The number of hydrogen-bond donors (Lipinski definition) is 2. The Morgan fingerprint density at radius 2 is 2.00 bits per heavy atom. The molecule has 0 atom stereocenters. The monoisotopic (exact) mass is 339 g/mol. The summed E-state index contributed by atoms with van der Waals surface area (Å²) in [5, 5.41) is 23.7. The maximum Gasteiger partial charge on any atom is 0.275 e. The number of nitriles is 2. The highest BCUT2D eigenvalue weighted by Gasteiger charge is 2.09. The highest BCUT2D eigenvalue weighted by molar-refractivity contribution is 6.33. The number of carbonyl (C=O) groups is 1. The van der Waals surface area contributed by atoms with Crippen molar-refractivity contribution in [3.8, 4) is 12.1 Å². The molecule has 0 fully saturated rings. The van der Waals surface area contributed by atoms with Crippen LogP contribution in [-0.4, -0.2) is 21.6 Å². The Kier molecular flexibility index (Phi) is 5.40. The van der Waals surface area contributed by atoms with Gasteiger partial charge in [-0.2, -0.15) is 15.6 Å². The summed E-state index contributed by atoms with van der Waals surface area (Å²) in [6.45, 7) is 1.77. The van der Waals surface area contributed by atoms with Gasteiger partial charge in [0.15, 0.2) is 0 Å². The zero-order valence-electron chi connectivity index (χ0n) is 12.4. The third-order valence-electron chi connectivity index (χ3n) is 2.74. The molecule has 1 amide bonds. The molecule has 118 valence electrons. The number of carbonyl (C=O) groups excluding carboxylic acids is 1. The summed E-state index contributed by atoms with van der Waals surface area (Å²) < 4.78 is 0. The molecule has 8 nitrogen and oxygen atoms in total. The van der Waals surface area contributed by atoms with Gasteiger partial charge in [-0.1, -0.05) is 11.6 Å². The van der Waals surface area contributed by atoms with Crippen LogP contribution < -0.4 is 10.7 Å². The molecule has 0 spiro atoms. The number of aryl methyl sites for hydroxylation is 1. The number of hydrogen-bond acceptors (Lipinski definition) is 7. The van der Waals surface area contributed by atoms with Gasteiger partial charge in [0, 0.05) is 11.9 Å². The second-order valence-corrected chi connectivity index (χ2v) is 4.89. The number of nitrogens with one attached hydrogen (secondary N) is 2. The van der Waals surface area contributed by atoms with Crippen LogP contribution >= 0.6 is 11.6 Å². The summed E-state index contributed by atoms with van der Waals surface area (Å²) in [6.07, 6.45) is 2.87. The van der Waals surface area contributed by atoms with Gasteiger partial charge < -0.3 is 5.32 Å². The van der Waals surface area contributed by atoms with Gasteiger partial charge in [-0.25, -0.2) is 4.98 Å². The normalized spacial score (nSPS) is 9.33. The van der Waals surface area contributed by atoms with Crippen molar-refractivity contribution in [2.45, 2.75) is 6.92 Å². The lowest BCUT2D eigenvalue weighted by atomic mass is 10.2. The predicted molar refractivity (Wildman–Crippen MR) is 88.5 cm³/mol. The maximum absolute atomic E-state index is 12.0. The molecule has 0 saturated heterocycles. The Labute approximate surface area is 142 Å². The van der Waals surface area contributed by atoms with Gasteiger partial charge in [0.05, 0.1) is 22.6 Å². The molecule has 0 unspecified atom stereocenters.